The molecule has 0 unspecified atom stereocenters. The molecule has 1 aromatic heterocycles. The van der Waals surface area contributed by atoms with Crippen molar-refractivity contribution in [2.75, 3.05) is 40.5 Å². The van der Waals surface area contributed by atoms with Gasteiger partial charge in [0.25, 0.3) is 0 Å². The van der Waals surface area contributed by atoms with Gasteiger partial charge in [-0.05, 0) is 61.7 Å². The third-order valence-corrected chi connectivity index (χ3v) is 6.73. The van der Waals surface area contributed by atoms with Gasteiger partial charge in [-0.2, -0.15) is 5.10 Å². The normalized spacial score (nSPS) is 18.5. The van der Waals surface area contributed by atoms with E-state index >= 15 is 0 Å². The Morgan fingerprint density at radius 2 is 1.86 bits per heavy atom. The first kappa shape index (κ1) is 26.0. The Bertz CT molecular complexity index is 1080. The van der Waals surface area contributed by atoms with Gasteiger partial charge in [0.05, 0.1) is 13.7 Å². The molecule has 1 fully saturated rings. The zero-order valence-electron chi connectivity index (χ0n) is 21.2. The van der Waals surface area contributed by atoms with E-state index < -0.39 is 5.60 Å². The van der Waals surface area contributed by atoms with Gasteiger partial charge < -0.3 is 18.9 Å². The van der Waals surface area contributed by atoms with Crippen LogP contribution in [0.2, 0.25) is 0 Å². The molecule has 2 aromatic carbocycles. The van der Waals surface area contributed by atoms with Crippen LogP contribution in [0.15, 0.2) is 60.9 Å². The number of halogens is 1. The molecule has 1 saturated heterocycles. The molecule has 1 atom stereocenters. The fourth-order valence-corrected chi connectivity index (χ4v) is 4.59. The molecule has 0 bridgehead atoms. The number of benzene rings is 2. The summed E-state index contributed by atoms with van der Waals surface area (Å²) in [4.78, 5) is 2.42. The summed E-state index contributed by atoms with van der Waals surface area (Å²) in [7, 11) is 3.39. The molecule has 0 saturated carbocycles. The van der Waals surface area contributed by atoms with Gasteiger partial charge in [0.1, 0.15) is 12.2 Å². The summed E-state index contributed by atoms with van der Waals surface area (Å²) in [6.45, 7) is 4.37. The summed E-state index contributed by atoms with van der Waals surface area (Å²) < 4.78 is 39.2. The molecule has 36 heavy (non-hydrogen) atoms. The van der Waals surface area contributed by atoms with Gasteiger partial charge in [-0.15, -0.1) is 0 Å². The first-order valence-corrected chi connectivity index (χ1v) is 12.5. The molecule has 3 aromatic rings. The second-order valence-electron chi connectivity index (χ2n) is 9.19. The molecular weight excluding hydrogens is 461 g/mol. The molecule has 1 aliphatic heterocycles. The van der Waals surface area contributed by atoms with E-state index in [0.29, 0.717) is 13.2 Å². The van der Waals surface area contributed by atoms with Gasteiger partial charge in [-0.1, -0.05) is 18.2 Å². The molecule has 2 heterocycles. The fraction of sp³-hybridized carbons (Fsp3) is 0.464. The number of ether oxygens (including phenoxy) is 4. The maximum Gasteiger partial charge on any atom is 0.165 e. The fourth-order valence-electron chi connectivity index (χ4n) is 4.59. The van der Waals surface area contributed by atoms with E-state index in [-0.39, 0.29) is 11.6 Å². The van der Waals surface area contributed by atoms with Crippen molar-refractivity contribution in [3.8, 4) is 17.2 Å². The van der Waals surface area contributed by atoms with Crippen LogP contribution in [0.5, 0.6) is 17.2 Å². The zero-order chi connectivity index (χ0) is 25.2. The third kappa shape index (κ3) is 6.98. The summed E-state index contributed by atoms with van der Waals surface area (Å²) in [6, 6.07) is 14.6. The van der Waals surface area contributed by atoms with E-state index in [0.717, 1.165) is 63.4 Å². The standard InChI is InChI=1S/C28H36FN3O4/c1-33-27-20-23(10-11-26(27)35-19-7-17-32-16-6-14-30-32)21-31-15-5-12-28(34-2,13-18-31)22-36-25-9-4-3-8-24(25)29/h3-4,6,8-11,14,16,20H,5,7,12-13,15,17-19,21-22H2,1-2H3/t28-/m0/s1. The summed E-state index contributed by atoms with van der Waals surface area (Å²) >= 11 is 0. The highest BCUT2D eigenvalue weighted by Crippen LogP contribution is 2.31. The first-order chi connectivity index (χ1) is 17.6. The summed E-state index contributed by atoms with van der Waals surface area (Å²) in [5, 5.41) is 4.21. The largest absolute Gasteiger partial charge is 0.493 e. The van der Waals surface area contributed by atoms with Gasteiger partial charge >= 0.3 is 0 Å². The summed E-state index contributed by atoms with van der Waals surface area (Å²) in [6.07, 6.45) is 7.24. The number of hydrogen-bond acceptors (Lipinski definition) is 6. The van der Waals surface area contributed by atoms with Gasteiger partial charge in [0.15, 0.2) is 23.1 Å². The Kier molecular flexibility index (Phi) is 9.19. The Morgan fingerprint density at radius 3 is 2.64 bits per heavy atom. The van der Waals surface area contributed by atoms with E-state index in [2.05, 4.69) is 22.1 Å². The smallest absolute Gasteiger partial charge is 0.165 e. The molecule has 0 spiro atoms. The van der Waals surface area contributed by atoms with E-state index in [1.807, 2.05) is 23.0 Å². The van der Waals surface area contributed by atoms with Crippen LogP contribution in [0.25, 0.3) is 0 Å². The van der Waals surface area contributed by atoms with Crippen LogP contribution in [0.4, 0.5) is 4.39 Å². The molecule has 0 amide bonds. The summed E-state index contributed by atoms with van der Waals surface area (Å²) in [5.41, 5.74) is 0.742. The molecule has 194 valence electrons. The molecule has 8 heteroatoms. The van der Waals surface area contributed by atoms with E-state index in [1.165, 1.54) is 11.6 Å². The van der Waals surface area contributed by atoms with Crippen LogP contribution < -0.4 is 14.2 Å². The highest BCUT2D eigenvalue weighted by Gasteiger charge is 2.34. The monoisotopic (exact) mass is 497 g/mol. The lowest BCUT2D eigenvalue weighted by molar-refractivity contribution is -0.0548. The predicted octanol–water partition coefficient (Wildman–Crippen LogP) is 4.95. The van der Waals surface area contributed by atoms with Crippen molar-refractivity contribution in [1.29, 1.82) is 0 Å². The minimum atomic E-state index is -0.428. The SMILES string of the molecule is COc1cc(CN2CCC[C@](COc3ccccc3F)(OC)CC2)ccc1OCCCn1cccn1. The van der Waals surface area contributed by atoms with Gasteiger partial charge in [0.2, 0.25) is 0 Å². The Labute approximate surface area is 212 Å². The van der Waals surface area contributed by atoms with Crippen molar-refractivity contribution in [3.63, 3.8) is 0 Å². The number of aromatic nitrogens is 2. The Balaban J connectivity index is 1.29. The third-order valence-electron chi connectivity index (χ3n) is 6.73. The van der Waals surface area contributed by atoms with Crippen molar-refractivity contribution in [3.05, 3.63) is 72.3 Å². The maximum absolute atomic E-state index is 14.0. The van der Waals surface area contributed by atoms with Crippen molar-refractivity contribution < 1.29 is 23.3 Å². The van der Waals surface area contributed by atoms with Crippen molar-refractivity contribution >= 4 is 0 Å². The number of para-hydroxylation sites is 1. The van der Waals surface area contributed by atoms with E-state index in [4.69, 9.17) is 18.9 Å². The molecule has 0 N–H and O–H groups in total. The molecule has 0 aliphatic carbocycles. The van der Waals surface area contributed by atoms with Crippen LogP contribution >= 0.6 is 0 Å². The van der Waals surface area contributed by atoms with Crippen LogP contribution in [-0.4, -0.2) is 60.8 Å². The van der Waals surface area contributed by atoms with Crippen molar-refractivity contribution in [2.45, 2.75) is 44.4 Å². The summed E-state index contributed by atoms with van der Waals surface area (Å²) in [5.74, 6) is 1.41. The Morgan fingerprint density at radius 1 is 0.972 bits per heavy atom. The quantitative estimate of drug-likeness (QED) is 0.330. The lowest BCUT2D eigenvalue weighted by Crippen LogP contribution is -2.39. The first-order valence-electron chi connectivity index (χ1n) is 12.5. The minimum absolute atomic E-state index is 0.269. The van der Waals surface area contributed by atoms with Crippen LogP contribution in [0.1, 0.15) is 31.2 Å². The Hall–Kier alpha value is -3.10. The van der Waals surface area contributed by atoms with Crippen molar-refractivity contribution in [2.24, 2.45) is 0 Å². The number of nitrogens with zero attached hydrogens (tertiary/aromatic N) is 3. The van der Waals surface area contributed by atoms with Crippen molar-refractivity contribution in [1.82, 2.24) is 14.7 Å². The second-order valence-corrected chi connectivity index (χ2v) is 9.19. The van der Waals surface area contributed by atoms with E-state index in [9.17, 15) is 4.39 Å². The number of rotatable bonds is 12. The lowest BCUT2D eigenvalue weighted by Gasteiger charge is -2.31. The predicted molar refractivity (Wildman–Crippen MR) is 136 cm³/mol. The van der Waals surface area contributed by atoms with Crippen LogP contribution in [0, 0.1) is 5.82 Å². The number of hydrogen-bond donors (Lipinski definition) is 0. The zero-order valence-corrected chi connectivity index (χ0v) is 21.2. The van der Waals surface area contributed by atoms with E-state index in [1.54, 1.807) is 38.6 Å². The molecule has 7 nitrogen and oxygen atoms in total. The lowest BCUT2D eigenvalue weighted by atomic mass is 9.95. The van der Waals surface area contributed by atoms with Crippen LogP contribution in [0.3, 0.4) is 0 Å². The second kappa shape index (κ2) is 12.7. The molecule has 1 aliphatic rings. The molecular formula is C28H36FN3O4. The average Bonchev–Trinajstić information content (AvgIpc) is 3.34. The topological polar surface area (TPSA) is 58.0 Å². The molecule has 0 radical (unpaired) electrons. The highest BCUT2D eigenvalue weighted by molar-refractivity contribution is 5.43. The van der Waals surface area contributed by atoms with Gasteiger partial charge in [-0.25, -0.2) is 4.39 Å². The van der Waals surface area contributed by atoms with Gasteiger partial charge in [-0.3, -0.25) is 9.58 Å². The number of likely N-dealkylation sites (tertiary alicyclic amines) is 1. The molecule has 4 rings (SSSR count). The van der Waals surface area contributed by atoms with Crippen LogP contribution in [-0.2, 0) is 17.8 Å². The average molecular weight is 498 g/mol. The highest BCUT2D eigenvalue weighted by atomic mass is 19.1. The number of aryl methyl sites for hydroxylation is 1. The minimum Gasteiger partial charge on any atom is -0.493 e. The maximum atomic E-state index is 14.0. The van der Waals surface area contributed by atoms with Gasteiger partial charge in [0, 0.05) is 45.6 Å². The number of methoxy groups -OCH3 is 2.